The van der Waals surface area contributed by atoms with E-state index in [1.54, 1.807) is 12.1 Å². The van der Waals surface area contributed by atoms with E-state index in [1.807, 2.05) is 18.2 Å². The Morgan fingerprint density at radius 1 is 1.09 bits per heavy atom. The summed E-state index contributed by atoms with van der Waals surface area (Å²) < 4.78 is 44.5. The maximum atomic E-state index is 13.5. The number of rotatable bonds is 9. The summed E-state index contributed by atoms with van der Waals surface area (Å²) in [6, 6.07) is 14.9. The van der Waals surface area contributed by atoms with Crippen LogP contribution in [0.15, 0.2) is 54.6 Å². The summed E-state index contributed by atoms with van der Waals surface area (Å²) in [5.74, 6) is 0.393. The number of sulfonamides is 1. The molecule has 4 N–H and O–H groups in total. The molecule has 0 aliphatic heterocycles. The van der Waals surface area contributed by atoms with Gasteiger partial charge in [-0.25, -0.2) is 12.8 Å². The molecule has 4 aromatic rings. The van der Waals surface area contributed by atoms with Crippen molar-refractivity contribution >= 4 is 49.1 Å². The van der Waals surface area contributed by atoms with Crippen LogP contribution < -0.4 is 14.8 Å². The summed E-state index contributed by atoms with van der Waals surface area (Å²) in [5.41, 5.74) is 2.46. The van der Waals surface area contributed by atoms with E-state index in [4.69, 9.17) is 16.3 Å². The summed E-state index contributed by atoms with van der Waals surface area (Å²) in [4.78, 5) is 3.26. The summed E-state index contributed by atoms with van der Waals surface area (Å²) >= 11 is 6.02. The molecule has 0 saturated heterocycles. The highest BCUT2D eigenvalue weighted by molar-refractivity contribution is 7.92. The number of aliphatic hydroxyl groups excluding tert-OH is 1. The van der Waals surface area contributed by atoms with Crippen LogP contribution in [0.1, 0.15) is 11.7 Å². The first-order chi connectivity index (χ1) is 15.7. The lowest BCUT2D eigenvalue weighted by molar-refractivity contribution is 0.172. The van der Waals surface area contributed by atoms with Gasteiger partial charge in [-0.2, -0.15) is 0 Å². The topological polar surface area (TPSA) is 103 Å². The third-order valence-electron chi connectivity index (χ3n) is 5.09. The number of halogens is 2. The number of aliphatic hydroxyl groups is 1. The standard InChI is InChI=1S/C23H23ClFN3O4S/c1-33(30,31)28-22-10-14(2-6-19(22)24)23(29)13-26-8-9-32-16-4-5-17-18-11-15(25)3-7-20(18)27-21(17)12-16/h2-7,10-12,23,26-29H,8-9,13H2,1H3. The Morgan fingerprint density at radius 3 is 2.70 bits per heavy atom. The second-order valence-electron chi connectivity index (χ2n) is 7.70. The maximum absolute atomic E-state index is 13.5. The molecule has 0 bridgehead atoms. The third-order valence-corrected chi connectivity index (χ3v) is 6.01. The second kappa shape index (κ2) is 9.56. The minimum Gasteiger partial charge on any atom is -0.492 e. The first-order valence-corrected chi connectivity index (χ1v) is 12.5. The van der Waals surface area contributed by atoms with E-state index in [9.17, 15) is 17.9 Å². The van der Waals surface area contributed by atoms with Crippen LogP contribution in [0.25, 0.3) is 21.8 Å². The van der Waals surface area contributed by atoms with Gasteiger partial charge in [-0.15, -0.1) is 0 Å². The molecular weight excluding hydrogens is 469 g/mol. The molecule has 0 amide bonds. The molecule has 174 valence electrons. The average Bonchev–Trinajstić information content (AvgIpc) is 3.11. The largest absolute Gasteiger partial charge is 0.492 e. The quantitative estimate of drug-likeness (QED) is 0.263. The number of ether oxygens (including phenoxy) is 1. The SMILES string of the molecule is CS(=O)(=O)Nc1cc(C(O)CNCCOc2ccc3c(c2)[nH]c2ccc(F)cc23)ccc1Cl. The van der Waals surface area contributed by atoms with Gasteiger partial charge in [0.2, 0.25) is 10.0 Å². The molecule has 0 radical (unpaired) electrons. The van der Waals surface area contributed by atoms with Crippen molar-refractivity contribution in [2.75, 3.05) is 30.7 Å². The van der Waals surface area contributed by atoms with Crippen molar-refractivity contribution in [3.63, 3.8) is 0 Å². The van der Waals surface area contributed by atoms with Gasteiger partial charge in [0, 0.05) is 35.4 Å². The van der Waals surface area contributed by atoms with Crippen molar-refractivity contribution < 1.29 is 22.7 Å². The highest BCUT2D eigenvalue weighted by Crippen LogP contribution is 2.29. The number of aromatic nitrogens is 1. The van der Waals surface area contributed by atoms with E-state index in [0.717, 1.165) is 28.1 Å². The minimum absolute atomic E-state index is 0.217. The normalized spacial score (nSPS) is 12.8. The molecule has 1 aromatic heterocycles. The van der Waals surface area contributed by atoms with Gasteiger partial charge in [0.1, 0.15) is 18.2 Å². The zero-order valence-corrected chi connectivity index (χ0v) is 19.3. The predicted molar refractivity (Wildman–Crippen MR) is 129 cm³/mol. The van der Waals surface area contributed by atoms with Crippen LogP contribution in [-0.2, 0) is 10.0 Å². The van der Waals surface area contributed by atoms with E-state index in [2.05, 4.69) is 15.0 Å². The van der Waals surface area contributed by atoms with Gasteiger partial charge >= 0.3 is 0 Å². The highest BCUT2D eigenvalue weighted by Gasteiger charge is 2.12. The Kier molecular flexibility index (Phi) is 6.76. The van der Waals surface area contributed by atoms with Crippen molar-refractivity contribution in [3.05, 3.63) is 71.0 Å². The first kappa shape index (κ1) is 23.3. The molecule has 1 heterocycles. The highest BCUT2D eigenvalue weighted by atomic mass is 35.5. The number of benzene rings is 3. The monoisotopic (exact) mass is 491 g/mol. The summed E-state index contributed by atoms with van der Waals surface area (Å²) in [6.07, 6.45) is 0.175. The number of anilines is 1. The summed E-state index contributed by atoms with van der Waals surface area (Å²) in [7, 11) is -3.48. The van der Waals surface area contributed by atoms with Crippen molar-refractivity contribution in [1.82, 2.24) is 10.3 Å². The van der Waals surface area contributed by atoms with E-state index >= 15 is 0 Å². The number of fused-ring (bicyclic) bond motifs is 3. The molecule has 3 aromatic carbocycles. The molecule has 7 nitrogen and oxygen atoms in total. The Bertz CT molecular complexity index is 1410. The average molecular weight is 492 g/mol. The van der Waals surface area contributed by atoms with Gasteiger partial charge in [0.05, 0.1) is 28.6 Å². The van der Waals surface area contributed by atoms with Gasteiger partial charge in [0.25, 0.3) is 0 Å². The number of aromatic amines is 1. The lowest BCUT2D eigenvalue weighted by Gasteiger charge is -2.15. The van der Waals surface area contributed by atoms with Crippen LogP contribution in [0, 0.1) is 5.82 Å². The van der Waals surface area contributed by atoms with Crippen molar-refractivity contribution in [2.45, 2.75) is 6.10 Å². The fraction of sp³-hybridized carbons (Fsp3) is 0.217. The second-order valence-corrected chi connectivity index (χ2v) is 9.86. The maximum Gasteiger partial charge on any atom is 0.229 e. The smallest absolute Gasteiger partial charge is 0.229 e. The van der Waals surface area contributed by atoms with E-state index in [-0.39, 0.29) is 23.1 Å². The van der Waals surface area contributed by atoms with Gasteiger partial charge in [-0.3, -0.25) is 4.72 Å². The molecule has 0 aliphatic carbocycles. The van der Waals surface area contributed by atoms with Crippen LogP contribution >= 0.6 is 11.6 Å². The van der Waals surface area contributed by atoms with Crippen LogP contribution in [-0.4, -0.2) is 44.5 Å². The zero-order chi connectivity index (χ0) is 23.6. The Balaban J connectivity index is 1.30. The van der Waals surface area contributed by atoms with Crippen LogP contribution in [0.2, 0.25) is 5.02 Å². The molecule has 1 atom stereocenters. The number of hydrogen-bond donors (Lipinski definition) is 4. The van der Waals surface area contributed by atoms with Gasteiger partial charge in [-0.05, 0) is 48.0 Å². The van der Waals surface area contributed by atoms with E-state index < -0.39 is 16.1 Å². The molecular formula is C23H23ClFN3O4S. The Morgan fingerprint density at radius 2 is 1.91 bits per heavy atom. The Hall–Kier alpha value is -2.85. The number of nitrogens with one attached hydrogen (secondary N) is 3. The van der Waals surface area contributed by atoms with Crippen molar-refractivity contribution in [1.29, 1.82) is 0 Å². The molecule has 0 saturated carbocycles. The molecule has 0 spiro atoms. The summed E-state index contributed by atoms with van der Waals surface area (Å²) in [6.45, 7) is 1.10. The molecule has 0 aliphatic rings. The lowest BCUT2D eigenvalue weighted by Crippen LogP contribution is -2.26. The molecule has 4 rings (SSSR count). The van der Waals surface area contributed by atoms with Gasteiger partial charge in [-0.1, -0.05) is 17.7 Å². The van der Waals surface area contributed by atoms with Crippen LogP contribution in [0.5, 0.6) is 5.75 Å². The van der Waals surface area contributed by atoms with Gasteiger partial charge in [0.15, 0.2) is 0 Å². The molecule has 10 heteroatoms. The van der Waals surface area contributed by atoms with Gasteiger partial charge < -0.3 is 20.1 Å². The zero-order valence-electron chi connectivity index (χ0n) is 17.7. The van der Waals surface area contributed by atoms with E-state index in [0.29, 0.717) is 24.5 Å². The van der Waals surface area contributed by atoms with Crippen LogP contribution in [0.4, 0.5) is 10.1 Å². The molecule has 1 unspecified atom stereocenters. The molecule has 33 heavy (non-hydrogen) atoms. The lowest BCUT2D eigenvalue weighted by atomic mass is 10.1. The predicted octanol–water partition coefficient (Wildman–Crippen LogP) is 4.19. The van der Waals surface area contributed by atoms with Crippen molar-refractivity contribution in [3.8, 4) is 5.75 Å². The van der Waals surface area contributed by atoms with Crippen LogP contribution in [0.3, 0.4) is 0 Å². The fourth-order valence-corrected chi connectivity index (χ4v) is 4.36. The third kappa shape index (κ3) is 5.75. The number of hydrogen-bond acceptors (Lipinski definition) is 5. The molecule has 0 fully saturated rings. The van der Waals surface area contributed by atoms with E-state index in [1.165, 1.54) is 24.3 Å². The minimum atomic E-state index is -3.48. The fourth-order valence-electron chi connectivity index (χ4n) is 3.57. The number of H-pyrrole nitrogens is 1. The Labute approximate surface area is 195 Å². The van der Waals surface area contributed by atoms with Crippen molar-refractivity contribution in [2.24, 2.45) is 0 Å². The summed E-state index contributed by atoms with van der Waals surface area (Å²) in [5, 5.41) is 15.5. The first-order valence-electron chi connectivity index (χ1n) is 10.2.